The molecule has 0 atom stereocenters. The summed E-state index contributed by atoms with van der Waals surface area (Å²) in [6.45, 7) is 1.80. The number of phenols is 1. The van der Waals surface area contributed by atoms with Gasteiger partial charge in [-0.05, 0) is 36.8 Å². The van der Waals surface area contributed by atoms with Gasteiger partial charge in [-0.1, -0.05) is 30.3 Å². The van der Waals surface area contributed by atoms with Crippen molar-refractivity contribution in [3.63, 3.8) is 0 Å². The van der Waals surface area contributed by atoms with E-state index in [1.54, 1.807) is 11.6 Å². The molecule has 0 saturated carbocycles. The molecule has 1 heterocycles. The van der Waals surface area contributed by atoms with Crippen LogP contribution in [-0.4, -0.2) is 25.6 Å². The first-order chi connectivity index (χ1) is 12.5. The van der Waals surface area contributed by atoms with E-state index in [4.69, 9.17) is 0 Å². The standard InChI is InChI=1S/C19H15N3O4/c1-13-16(12-20-21(13)15-5-3-2-4-6-15)18(23)9-7-14-8-10-19(24)17(11-14)22(25)26/h2-12,24H,1H3. The van der Waals surface area contributed by atoms with Gasteiger partial charge in [0.1, 0.15) is 0 Å². The second-order valence-electron chi connectivity index (χ2n) is 5.59. The predicted molar refractivity (Wildman–Crippen MR) is 96.4 cm³/mol. The first kappa shape index (κ1) is 17.1. The number of ketones is 1. The van der Waals surface area contributed by atoms with Gasteiger partial charge in [0, 0.05) is 6.07 Å². The topological polar surface area (TPSA) is 98.3 Å². The van der Waals surface area contributed by atoms with Crippen LogP contribution in [0.2, 0.25) is 0 Å². The minimum Gasteiger partial charge on any atom is -0.502 e. The fourth-order valence-electron chi connectivity index (χ4n) is 2.53. The molecule has 7 nitrogen and oxygen atoms in total. The zero-order valence-electron chi connectivity index (χ0n) is 13.9. The molecule has 0 fully saturated rings. The molecule has 26 heavy (non-hydrogen) atoms. The molecule has 0 bridgehead atoms. The lowest BCUT2D eigenvalue weighted by atomic mass is 10.1. The molecular weight excluding hydrogens is 334 g/mol. The molecule has 130 valence electrons. The summed E-state index contributed by atoms with van der Waals surface area (Å²) >= 11 is 0. The van der Waals surface area contributed by atoms with Crippen LogP contribution in [0, 0.1) is 17.0 Å². The Morgan fingerprint density at radius 3 is 2.65 bits per heavy atom. The van der Waals surface area contributed by atoms with E-state index in [0.29, 0.717) is 16.8 Å². The van der Waals surface area contributed by atoms with Crippen molar-refractivity contribution in [2.24, 2.45) is 0 Å². The maximum Gasteiger partial charge on any atom is 0.311 e. The molecule has 0 amide bonds. The largest absolute Gasteiger partial charge is 0.502 e. The first-order valence-corrected chi connectivity index (χ1v) is 7.77. The van der Waals surface area contributed by atoms with Crippen molar-refractivity contribution < 1.29 is 14.8 Å². The Hall–Kier alpha value is -3.74. The van der Waals surface area contributed by atoms with Crippen LogP contribution in [0.15, 0.2) is 60.8 Å². The average Bonchev–Trinajstić information content (AvgIpc) is 3.02. The fourth-order valence-corrected chi connectivity index (χ4v) is 2.53. The van der Waals surface area contributed by atoms with E-state index >= 15 is 0 Å². The Balaban J connectivity index is 1.85. The van der Waals surface area contributed by atoms with E-state index in [2.05, 4.69) is 5.10 Å². The van der Waals surface area contributed by atoms with Crippen LogP contribution >= 0.6 is 0 Å². The van der Waals surface area contributed by atoms with Crippen LogP contribution in [0.25, 0.3) is 11.8 Å². The summed E-state index contributed by atoms with van der Waals surface area (Å²) in [6.07, 6.45) is 4.29. The summed E-state index contributed by atoms with van der Waals surface area (Å²) < 4.78 is 1.67. The number of nitro benzene ring substituents is 1. The number of carbonyl (C=O) groups is 1. The molecule has 0 unspecified atom stereocenters. The molecule has 3 rings (SSSR count). The van der Waals surface area contributed by atoms with Crippen molar-refractivity contribution in [3.8, 4) is 11.4 Å². The Labute approximate surface area is 149 Å². The van der Waals surface area contributed by atoms with Gasteiger partial charge in [-0.25, -0.2) is 4.68 Å². The van der Waals surface area contributed by atoms with Gasteiger partial charge < -0.3 is 5.11 Å². The minimum atomic E-state index is -0.678. The number of carbonyl (C=O) groups excluding carboxylic acids is 1. The number of allylic oxidation sites excluding steroid dienone is 1. The predicted octanol–water partition coefficient (Wildman–Crippen LogP) is 3.69. The highest BCUT2D eigenvalue weighted by Gasteiger charge is 2.14. The zero-order chi connectivity index (χ0) is 18.7. The zero-order valence-corrected chi connectivity index (χ0v) is 13.9. The summed E-state index contributed by atoms with van der Waals surface area (Å²) in [5.74, 6) is -0.682. The van der Waals surface area contributed by atoms with Crippen LogP contribution in [0.3, 0.4) is 0 Å². The molecule has 0 aliphatic heterocycles. The number of hydrogen-bond donors (Lipinski definition) is 1. The number of aromatic nitrogens is 2. The smallest absolute Gasteiger partial charge is 0.311 e. The van der Waals surface area contributed by atoms with Gasteiger partial charge in [-0.2, -0.15) is 5.10 Å². The maximum absolute atomic E-state index is 12.4. The molecular formula is C19H15N3O4. The first-order valence-electron chi connectivity index (χ1n) is 7.77. The highest BCUT2D eigenvalue weighted by atomic mass is 16.6. The maximum atomic E-state index is 12.4. The van der Waals surface area contributed by atoms with Gasteiger partial charge in [-0.15, -0.1) is 0 Å². The number of nitrogens with zero attached hydrogens (tertiary/aromatic N) is 3. The molecule has 3 aromatic rings. The summed E-state index contributed by atoms with van der Waals surface area (Å²) in [5, 5.41) is 24.6. The second-order valence-corrected chi connectivity index (χ2v) is 5.59. The molecule has 0 aliphatic rings. The van der Waals surface area contributed by atoms with Crippen LogP contribution in [-0.2, 0) is 0 Å². The number of phenolic OH excluding ortho intramolecular Hbond substituents is 1. The van der Waals surface area contributed by atoms with Crippen molar-refractivity contribution >= 4 is 17.5 Å². The van der Waals surface area contributed by atoms with Gasteiger partial charge >= 0.3 is 5.69 Å². The Kier molecular flexibility index (Phi) is 4.62. The molecule has 1 aromatic heterocycles. The van der Waals surface area contributed by atoms with Crippen molar-refractivity contribution in [2.45, 2.75) is 6.92 Å². The number of rotatable bonds is 5. The van der Waals surface area contributed by atoms with Crippen molar-refractivity contribution in [3.05, 3.63) is 87.7 Å². The highest BCUT2D eigenvalue weighted by Crippen LogP contribution is 2.26. The number of para-hydroxylation sites is 1. The number of nitro groups is 1. The molecule has 0 spiro atoms. The van der Waals surface area contributed by atoms with Gasteiger partial charge in [0.25, 0.3) is 0 Å². The Morgan fingerprint density at radius 2 is 1.96 bits per heavy atom. The fraction of sp³-hybridized carbons (Fsp3) is 0.0526. The van der Waals surface area contributed by atoms with Crippen molar-refractivity contribution in [2.75, 3.05) is 0 Å². The lowest BCUT2D eigenvalue weighted by molar-refractivity contribution is -0.385. The third-order valence-corrected chi connectivity index (χ3v) is 3.90. The van der Waals surface area contributed by atoms with E-state index in [9.17, 15) is 20.0 Å². The van der Waals surface area contributed by atoms with E-state index in [1.807, 2.05) is 30.3 Å². The van der Waals surface area contributed by atoms with E-state index < -0.39 is 16.4 Å². The van der Waals surface area contributed by atoms with E-state index in [0.717, 1.165) is 5.69 Å². The SMILES string of the molecule is Cc1c(C(=O)C=Cc2ccc(O)c([N+](=O)[O-])c2)cnn1-c1ccccc1. The number of hydrogen-bond acceptors (Lipinski definition) is 5. The number of aromatic hydroxyl groups is 1. The molecule has 0 saturated heterocycles. The highest BCUT2D eigenvalue weighted by molar-refractivity contribution is 6.07. The molecule has 7 heteroatoms. The van der Waals surface area contributed by atoms with E-state index in [-0.39, 0.29) is 5.78 Å². The molecule has 0 radical (unpaired) electrons. The summed E-state index contributed by atoms with van der Waals surface area (Å²) in [4.78, 5) is 22.6. The normalized spacial score (nSPS) is 11.0. The van der Waals surface area contributed by atoms with Crippen molar-refractivity contribution in [1.82, 2.24) is 9.78 Å². The molecule has 0 aliphatic carbocycles. The Morgan fingerprint density at radius 1 is 1.23 bits per heavy atom. The molecule has 2 aromatic carbocycles. The quantitative estimate of drug-likeness (QED) is 0.328. The van der Waals surface area contributed by atoms with E-state index in [1.165, 1.54) is 36.5 Å². The Bertz CT molecular complexity index is 1010. The number of benzene rings is 2. The monoisotopic (exact) mass is 349 g/mol. The van der Waals surface area contributed by atoms with Crippen LogP contribution < -0.4 is 0 Å². The second kappa shape index (κ2) is 7.02. The molecule has 1 N–H and O–H groups in total. The van der Waals surface area contributed by atoms with Crippen LogP contribution in [0.4, 0.5) is 5.69 Å². The van der Waals surface area contributed by atoms with Gasteiger partial charge in [0.05, 0.1) is 28.1 Å². The van der Waals surface area contributed by atoms with Gasteiger partial charge in [-0.3, -0.25) is 14.9 Å². The average molecular weight is 349 g/mol. The summed E-state index contributed by atoms with van der Waals surface area (Å²) in [7, 11) is 0. The summed E-state index contributed by atoms with van der Waals surface area (Å²) in [6, 6.07) is 13.4. The lowest BCUT2D eigenvalue weighted by Gasteiger charge is -2.04. The summed E-state index contributed by atoms with van der Waals surface area (Å²) in [5.41, 5.74) is 2.02. The van der Waals surface area contributed by atoms with Crippen LogP contribution in [0.1, 0.15) is 21.6 Å². The van der Waals surface area contributed by atoms with Gasteiger partial charge in [0.2, 0.25) is 0 Å². The lowest BCUT2D eigenvalue weighted by Crippen LogP contribution is -2.01. The van der Waals surface area contributed by atoms with Crippen molar-refractivity contribution in [1.29, 1.82) is 0 Å². The van der Waals surface area contributed by atoms with Gasteiger partial charge in [0.15, 0.2) is 11.5 Å². The minimum absolute atomic E-state index is 0.264. The third-order valence-electron chi connectivity index (χ3n) is 3.90. The van der Waals surface area contributed by atoms with Crippen LogP contribution in [0.5, 0.6) is 5.75 Å². The third kappa shape index (κ3) is 3.36.